The first-order valence-corrected chi connectivity index (χ1v) is 12.0. The first-order chi connectivity index (χ1) is 15.0. The van der Waals surface area contributed by atoms with Crippen molar-refractivity contribution >= 4 is 29.3 Å². The van der Waals surface area contributed by atoms with Gasteiger partial charge in [0.2, 0.25) is 11.8 Å². The normalized spacial score (nSPS) is 23.7. The van der Waals surface area contributed by atoms with Crippen LogP contribution in [0.5, 0.6) is 0 Å². The second kappa shape index (κ2) is 9.88. The zero-order valence-electron chi connectivity index (χ0n) is 18.3. The maximum atomic E-state index is 12.6. The van der Waals surface area contributed by atoms with E-state index in [9.17, 15) is 9.59 Å². The van der Waals surface area contributed by atoms with Gasteiger partial charge in [-0.05, 0) is 41.5 Å². The van der Waals surface area contributed by atoms with Crippen molar-refractivity contribution in [1.29, 1.82) is 0 Å². The quantitative estimate of drug-likeness (QED) is 0.708. The van der Waals surface area contributed by atoms with Gasteiger partial charge in [-0.2, -0.15) is 0 Å². The lowest BCUT2D eigenvalue weighted by molar-refractivity contribution is -0.124. The maximum Gasteiger partial charge on any atom is 0.238 e. The lowest BCUT2D eigenvalue weighted by Gasteiger charge is -2.35. The van der Waals surface area contributed by atoms with Crippen molar-refractivity contribution < 1.29 is 9.59 Å². The lowest BCUT2D eigenvalue weighted by atomic mass is 9.91. The standard InChI is InChI=1S/C25H31N3O2S/c1-17-11-18(2)15-28(14-17)16-20-8-4-3-7-19(20)13-26-24(29)12-23-25(30)27-21-9-5-6-10-22(21)31-23/h3-10,17-18,23H,11-16H2,1-2H3,(H,26,29)(H,27,30). The van der Waals surface area contributed by atoms with Gasteiger partial charge in [-0.1, -0.05) is 50.2 Å². The second-order valence-corrected chi connectivity index (χ2v) is 10.2. The number of hydrogen-bond donors (Lipinski definition) is 2. The molecule has 0 radical (unpaired) electrons. The van der Waals surface area contributed by atoms with E-state index in [4.69, 9.17) is 0 Å². The van der Waals surface area contributed by atoms with Crippen LogP contribution in [0, 0.1) is 11.8 Å². The summed E-state index contributed by atoms with van der Waals surface area (Å²) < 4.78 is 0. The Labute approximate surface area is 189 Å². The van der Waals surface area contributed by atoms with Crippen LogP contribution >= 0.6 is 11.8 Å². The molecular formula is C25H31N3O2S. The zero-order chi connectivity index (χ0) is 21.8. The van der Waals surface area contributed by atoms with Crippen LogP contribution in [0.4, 0.5) is 5.69 Å². The molecule has 2 aliphatic heterocycles. The average molecular weight is 438 g/mol. The van der Waals surface area contributed by atoms with Crippen molar-refractivity contribution in [3.63, 3.8) is 0 Å². The van der Waals surface area contributed by atoms with Crippen LogP contribution in [0.25, 0.3) is 0 Å². The molecule has 2 amide bonds. The number of rotatable bonds is 6. The maximum absolute atomic E-state index is 12.6. The highest BCUT2D eigenvalue weighted by Crippen LogP contribution is 2.36. The predicted molar refractivity (Wildman–Crippen MR) is 126 cm³/mol. The first kappa shape index (κ1) is 21.9. The number of anilines is 1. The largest absolute Gasteiger partial charge is 0.352 e. The third-order valence-electron chi connectivity index (χ3n) is 6.01. The van der Waals surface area contributed by atoms with E-state index >= 15 is 0 Å². The summed E-state index contributed by atoms with van der Waals surface area (Å²) in [5, 5.41) is 5.54. The Hall–Kier alpha value is -2.31. The number of hydrogen-bond acceptors (Lipinski definition) is 4. The van der Waals surface area contributed by atoms with E-state index in [1.165, 1.54) is 23.7 Å². The summed E-state index contributed by atoms with van der Waals surface area (Å²) in [6.07, 6.45) is 1.47. The molecule has 2 aromatic carbocycles. The number of nitrogens with zero attached hydrogens (tertiary/aromatic N) is 1. The smallest absolute Gasteiger partial charge is 0.238 e. The van der Waals surface area contributed by atoms with E-state index in [0.29, 0.717) is 6.54 Å². The molecule has 0 aliphatic carbocycles. The molecule has 5 nitrogen and oxygen atoms in total. The fraction of sp³-hybridized carbons (Fsp3) is 0.440. The molecule has 0 bridgehead atoms. The van der Waals surface area contributed by atoms with Crippen molar-refractivity contribution in [2.75, 3.05) is 18.4 Å². The van der Waals surface area contributed by atoms with E-state index in [1.54, 1.807) is 0 Å². The van der Waals surface area contributed by atoms with Gasteiger partial charge in [0.15, 0.2) is 0 Å². The number of piperidine rings is 1. The number of likely N-dealkylation sites (tertiary alicyclic amines) is 1. The highest BCUT2D eigenvalue weighted by atomic mass is 32.2. The van der Waals surface area contributed by atoms with Crippen molar-refractivity contribution in [2.24, 2.45) is 11.8 Å². The van der Waals surface area contributed by atoms with E-state index in [1.807, 2.05) is 30.3 Å². The van der Waals surface area contributed by atoms with Crippen molar-refractivity contribution in [3.05, 3.63) is 59.7 Å². The minimum absolute atomic E-state index is 0.0953. The lowest BCUT2D eigenvalue weighted by Crippen LogP contribution is -2.38. The Bertz CT molecular complexity index is 938. The number of benzene rings is 2. The minimum atomic E-state index is -0.401. The number of carbonyl (C=O) groups is 2. The van der Waals surface area contributed by atoms with Gasteiger partial charge in [-0.15, -0.1) is 11.8 Å². The molecule has 3 unspecified atom stereocenters. The number of para-hydroxylation sites is 1. The molecule has 164 valence electrons. The Morgan fingerprint density at radius 3 is 2.52 bits per heavy atom. The fourth-order valence-corrected chi connectivity index (χ4v) is 5.82. The molecule has 31 heavy (non-hydrogen) atoms. The van der Waals surface area contributed by atoms with Crippen LogP contribution in [0.3, 0.4) is 0 Å². The van der Waals surface area contributed by atoms with Gasteiger partial charge in [0, 0.05) is 37.5 Å². The number of fused-ring (bicyclic) bond motifs is 1. The van der Waals surface area contributed by atoms with E-state index in [-0.39, 0.29) is 18.2 Å². The van der Waals surface area contributed by atoms with Gasteiger partial charge in [-0.3, -0.25) is 14.5 Å². The van der Waals surface area contributed by atoms with E-state index < -0.39 is 5.25 Å². The molecule has 0 spiro atoms. The van der Waals surface area contributed by atoms with Crippen LogP contribution in [0.2, 0.25) is 0 Å². The van der Waals surface area contributed by atoms with Crippen molar-refractivity contribution in [1.82, 2.24) is 10.2 Å². The Morgan fingerprint density at radius 2 is 1.74 bits per heavy atom. The third-order valence-corrected chi connectivity index (χ3v) is 7.29. The summed E-state index contributed by atoms with van der Waals surface area (Å²) in [7, 11) is 0. The Kier molecular flexibility index (Phi) is 6.98. The van der Waals surface area contributed by atoms with Crippen LogP contribution in [-0.4, -0.2) is 35.1 Å². The van der Waals surface area contributed by atoms with Crippen LogP contribution in [-0.2, 0) is 22.7 Å². The topological polar surface area (TPSA) is 61.4 Å². The molecule has 1 saturated heterocycles. The SMILES string of the molecule is CC1CC(C)CN(Cc2ccccc2CNC(=O)CC2Sc3ccccc3NC2=O)C1. The zero-order valence-corrected chi connectivity index (χ0v) is 19.1. The average Bonchev–Trinajstić information content (AvgIpc) is 2.73. The fourth-order valence-electron chi connectivity index (χ4n) is 4.71. The van der Waals surface area contributed by atoms with Crippen molar-refractivity contribution in [3.8, 4) is 0 Å². The summed E-state index contributed by atoms with van der Waals surface area (Å²) >= 11 is 1.46. The molecule has 2 heterocycles. The summed E-state index contributed by atoms with van der Waals surface area (Å²) in [4.78, 5) is 28.5. The van der Waals surface area contributed by atoms with Crippen LogP contribution in [0.1, 0.15) is 37.8 Å². The van der Waals surface area contributed by atoms with Crippen molar-refractivity contribution in [2.45, 2.75) is 49.9 Å². The molecule has 0 saturated carbocycles. The van der Waals surface area contributed by atoms with Gasteiger partial charge in [-0.25, -0.2) is 0 Å². The molecular weight excluding hydrogens is 406 g/mol. The Morgan fingerprint density at radius 1 is 1.06 bits per heavy atom. The highest BCUT2D eigenvalue weighted by Gasteiger charge is 2.29. The predicted octanol–water partition coefficient (Wildman–Crippen LogP) is 4.28. The monoisotopic (exact) mass is 437 g/mol. The van der Waals surface area contributed by atoms with Gasteiger partial charge in [0.25, 0.3) is 0 Å². The van der Waals surface area contributed by atoms with Crippen LogP contribution in [0.15, 0.2) is 53.4 Å². The van der Waals surface area contributed by atoms with Gasteiger partial charge < -0.3 is 10.6 Å². The number of thioether (sulfide) groups is 1. The molecule has 3 atom stereocenters. The molecule has 2 N–H and O–H groups in total. The molecule has 6 heteroatoms. The summed E-state index contributed by atoms with van der Waals surface area (Å²) in [6, 6.07) is 16.0. The van der Waals surface area contributed by atoms with Gasteiger partial charge in [0.05, 0.1) is 10.9 Å². The highest BCUT2D eigenvalue weighted by molar-refractivity contribution is 8.01. The minimum Gasteiger partial charge on any atom is -0.352 e. The second-order valence-electron chi connectivity index (χ2n) is 8.98. The molecule has 0 aromatic heterocycles. The number of amides is 2. The van der Waals surface area contributed by atoms with Gasteiger partial charge in [0.1, 0.15) is 0 Å². The molecule has 4 rings (SSSR count). The molecule has 2 aromatic rings. The molecule has 2 aliphatic rings. The van der Waals surface area contributed by atoms with Gasteiger partial charge >= 0.3 is 0 Å². The molecule has 1 fully saturated rings. The summed E-state index contributed by atoms with van der Waals surface area (Å²) in [5.74, 6) is 1.24. The van der Waals surface area contributed by atoms with Crippen LogP contribution < -0.4 is 10.6 Å². The van der Waals surface area contributed by atoms with E-state index in [0.717, 1.165) is 47.6 Å². The van der Waals surface area contributed by atoms with E-state index in [2.05, 4.69) is 47.6 Å². The summed E-state index contributed by atoms with van der Waals surface area (Å²) in [6.45, 7) is 8.31. The first-order valence-electron chi connectivity index (χ1n) is 11.1. The number of carbonyl (C=O) groups excluding carboxylic acids is 2. The Balaban J connectivity index is 1.33. The third kappa shape index (κ3) is 5.69. The summed E-state index contributed by atoms with van der Waals surface area (Å²) in [5.41, 5.74) is 3.24. The number of nitrogens with one attached hydrogen (secondary N) is 2.